The molecule has 2 aliphatic carbocycles. The first-order valence-corrected chi connectivity index (χ1v) is 8.35. The number of likely N-dealkylation sites (N-methyl/N-ethyl adjacent to an activating group) is 1. The zero-order chi connectivity index (χ0) is 16.0. The van der Waals surface area contributed by atoms with Gasteiger partial charge in [-0.3, -0.25) is 4.79 Å². The second-order valence-electron chi connectivity index (χ2n) is 7.44. The number of piperidine rings is 1. The Kier molecular flexibility index (Phi) is 2.45. The van der Waals surface area contributed by atoms with Crippen molar-refractivity contribution in [3.05, 3.63) is 23.3 Å². The van der Waals surface area contributed by atoms with Gasteiger partial charge in [0.1, 0.15) is 0 Å². The fourth-order valence-corrected chi connectivity index (χ4v) is 5.69. The van der Waals surface area contributed by atoms with E-state index in [0.717, 1.165) is 24.9 Å². The smallest absolute Gasteiger partial charge is 0.174 e. The monoisotopic (exact) mass is 315 g/mol. The number of nitrogens with zero attached hydrogens (tertiary/aromatic N) is 1. The van der Waals surface area contributed by atoms with Crippen LogP contribution in [0.5, 0.6) is 11.5 Å². The van der Waals surface area contributed by atoms with Crippen LogP contribution in [0.2, 0.25) is 0 Å². The largest absolute Gasteiger partial charge is 0.493 e. The number of rotatable bonds is 1. The first-order chi connectivity index (χ1) is 11.0. The number of hydrogen-bond donors (Lipinski definition) is 1. The lowest BCUT2D eigenvalue weighted by atomic mass is 9.49. The molecule has 5 heteroatoms. The highest BCUT2D eigenvalue weighted by Crippen LogP contribution is 2.64. The number of carbonyl (C=O) groups is 1. The topological polar surface area (TPSA) is 59.0 Å². The molecule has 4 aliphatic rings. The number of methoxy groups -OCH3 is 1. The molecule has 0 unspecified atom stereocenters. The van der Waals surface area contributed by atoms with Gasteiger partial charge in [0, 0.05) is 18.0 Å². The van der Waals surface area contributed by atoms with Gasteiger partial charge < -0.3 is 19.5 Å². The van der Waals surface area contributed by atoms with Crippen molar-refractivity contribution in [2.45, 2.75) is 48.8 Å². The molecule has 1 saturated heterocycles. The molecule has 2 bridgehead atoms. The molecule has 1 spiro atoms. The molecule has 4 atom stereocenters. The molecule has 1 aromatic carbocycles. The van der Waals surface area contributed by atoms with Gasteiger partial charge in [0.15, 0.2) is 23.4 Å². The van der Waals surface area contributed by atoms with Gasteiger partial charge >= 0.3 is 0 Å². The van der Waals surface area contributed by atoms with Crippen molar-refractivity contribution in [3.8, 4) is 11.5 Å². The van der Waals surface area contributed by atoms with Gasteiger partial charge in [0.25, 0.3) is 0 Å². The molecular formula is C18H21NO4. The zero-order valence-electron chi connectivity index (χ0n) is 13.5. The number of benzene rings is 1. The highest BCUT2D eigenvalue weighted by Gasteiger charge is 2.72. The van der Waals surface area contributed by atoms with E-state index in [4.69, 9.17) is 9.47 Å². The Morgan fingerprint density at radius 2 is 2.22 bits per heavy atom. The summed E-state index contributed by atoms with van der Waals surface area (Å²) in [6, 6.07) is 4.05. The first kappa shape index (κ1) is 13.8. The van der Waals surface area contributed by atoms with E-state index >= 15 is 0 Å². The Morgan fingerprint density at radius 3 is 3.00 bits per heavy atom. The molecule has 1 N–H and O–H groups in total. The fourth-order valence-electron chi connectivity index (χ4n) is 5.69. The van der Waals surface area contributed by atoms with E-state index in [-0.39, 0.29) is 11.8 Å². The van der Waals surface area contributed by atoms with E-state index in [1.807, 2.05) is 6.07 Å². The summed E-state index contributed by atoms with van der Waals surface area (Å²) in [7, 11) is 3.70. The predicted octanol–water partition coefficient (Wildman–Crippen LogP) is 1.05. The van der Waals surface area contributed by atoms with Crippen LogP contribution >= 0.6 is 0 Å². The molecule has 0 aromatic heterocycles. The predicted molar refractivity (Wildman–Crippen MR) is 83.0 cm³/mol. The lowest BCUT2D eigenvalue weighted by Crippen LogP contribution is -2.76. The molecule has 23 heavy (non-hydrogen) atoms. The van der Waals surface area contributed by atoms with Crippen LogP contribution in [0.25, 0.3) is 0 Å². The molecule has 5 nitrogen and oxygen atoms in total. The van der Waals surface area contributed by atoms with Crippen LogP contribution in [0.3, 0.4) is 0 Å². The maximum atomic E-state index is 12.7. The van der Waals surface area contributed by atoms with Gasteiger partial charge in [-0.25, -0.2) is 0 Å². The summed E-state index contributed by atoms with van der Waals surface area (Å²) in [5.74, 6) is 1.47. The SMILES string of the molecule is COc1ccc2c3c1O[C@@H]1C(=O)CC[C@]4(O)[C@H](C2)N(C)CC[C@@]314. The van der Waals surface area contributed by atoms with Gasteiger partial charge in [-0.15, -0.1) is 0 Å². The third kappa shape index (κ3) is 1.32. The van der Waals surface area contributed by atoms with Crippen molar-refractivity contribution in [1.82, 2.24) is 4.90 Å². The molecule has 122 valence electrons. The number of hydrogen-bond acceptors (Lipinski definition) is 5. The molecule has 0 radical (unpaired) electrons. The third-order valence-electron chi connectivity index (χ3n) is 6.73. The van der Waals surface area contributed by atoms with Crippen LogP contribution in [-0.2, 0) is 16.6 Å². The van der Waals surface area contributed by atoms with E-state index in [9.17, 15) is 9.90 Å². The average Bonchev–Trinajstić information content (AvgIpc) is 2.90. The molecule has 2 aliphatic heterocycles. The summed E-state index contributed by atoms with van der Waals surface area (Å²) >= 11 is 0. The molecule has 2 fully saturated rings. The minimum atomic E-state index is -0.900. The van der Waals surface area contributed by atoms with Crippen molar-refractivity contribution in [2.75, 3.05) is 20.7 Å². The fraction of sp³-hybridized carbons (Fsp3) is 0.611. The number of likely N-dealkylation sites (tertiary alicyclic amines) is 1. The Bertz CT molecular complexity index is 732. The lowest BCUT2D eigenvalue weighted by Gasteiger charge is -2.62. The second kappa shape index (κ2) is 4.08. The Hall–Kier alpha value is -1.59. The second-order valence-corrected chi connectivity index (χ2v) is 7.44. The standard InChI is InChI=1S/C18H21NO4/c1-19-8-7-17-14-10-3-4-12(22-2)15(14)23-16(17)11(20)5-6-18(17,21)13(19)9-10/h3-4,13,16,21H,5-9H2,1-2H3/t13-,16+,17+,18-/m0/s1. The van der Waals surface area contributed by atoms with Crippen LogP contribution in [0.1, 0.15) is 30.4 Å². The summed E-state index contributed by atoms with van der Waals surface area (Å²) in [5.41, 5.74) is 0.737. The molecule has 0 amide bonds. The van der Waals surface area contributed by atoms with Crippen molar-refractivity contribution in [1.29, 1.82) is 0 Å². The molecule has 1 aromatic rings. The van der Waals surface area contributed by atoms with Gasteiger partial charge in [-0.2, -0.15) is 0 Å². The van der Waals surface area contributed by atoms with Gasteiger partial charge in [-0.05, 0) is 44.5 Å². The third-order valence-corrected chi connectivity index (χ3v) is 6.73. The van der Waals surface area contributed by atoms with Crippen LogP contribution in [0.15, 0.2) is 12.1 Å². The number of carbonyl (C=O) groups excluding carboxylic acids is 1. The van der Waals surface area contributed by atoms with E-state index in [1.54, 1.807) is 7.11 Å². The lowest BCUT2D eigenvalue weighted by molar-refractivity contribution is -0.185. The average molecular weight is 315 g/mol. The molecular weight excluding hydrogens is 294 g/mol. The Balaban J connectivity index is 1.86. The summed E-state index contributed by atoms with van der Waals surface area (Å²) in [6.45, 7) is 0.871. The highest BCUT2D eigenvalue weighted by molar-refractivity contribution is 5.90. The van der Waals surface area contributed by atoms with Gasteiger partial charge in [-0.1, -0.05) is 6.07 Å². The summed E-state index contributed by atoms with van der Waals surface area (Å²) in [5, 5.41) is 11.7. The zero-order valence-corrected chi connectivity index (χ0v) is 13.5. The Labute approximate surface area is 135 Å². The molecule has 2 heterocycles. The van der Waals surface area contributed by atoms with Crippen LogP contribution in [0.4, 0.5) is 0 Å². The normalized spacial score (nSPS) is 40.6. The van der Waals surface area contributed by atoms with Crippen LogP contribution < -0.4 is 9.47 Å². The van der Waals surface area contributed by atoms with E-state index in [1.165, 1.54) is 5.56 Å². The number of ether oxygens (including phenoxy) is 2. The minimum Gasteiger partial charge on any atom is -0.493 e. The minimum absolute atomic E-state index is 0.0438. The van der Waals surface area contributed by atoms with E-state index in [0.29, 0.717) is 24.3 Å². The van der Waals surface area contributed by atoms with Gasteiger partial charge in [0.05, 0.1) is 18.1 Å². The van der Waals surface area contributed by atoms with Gasteiger partial charge in [0.2, 0.25) is 0 Å². The Morgan fingerprint density at radius 1 is 1.39 bits per heavy atom. The van der Waals surface area contributed by atoms with Crippen molar-refractivity contribution < 1.29 is 19.4 Å². The van der Waals surface area contributed by atoms with Crippen molar-refractivity contribution >= 4 is 5.78 Å². The highest BCUT2D eigenvalue weighted by atomic mass is 16.5. The molecule has 5 rings (SSSR count). The first-order valence-electron chi connectivity index (χ1n) is 8.35. The van der Waals surface area contributed by atoms with Crippen molar-refractivity contribution in [2.24, 2.45) is 0 Å². The van der Waals surface area contributed by atoms with Crippen LogP contribution in [0, 0.1) is 0 Å². The summed E-state index contributed by atoms with van der Waals surface area (Å²) in [6.07, 6.45) is 1.89. The number of Topliss-reactive ketones (excluding diaryl/α,β-unsaturated/α-hetero) is 1. The summed E-state index contributed by atoms with van der Waals surface area (Å²) < 4.78 is 11.6. The quantitative estimate of drug-likeness (QED) is 0.839. The molecule has 1 saturated carbocycles. The van der Waals surface area contributed by atoms with Crippen LogP contribution in [-0.4, -0.2) is 54.2 Å². The number of aliphatic hydroxyl groups is 1. The number of ketones is 1. The maximum Gasteiger partial charge on any atom is 0.174 e. The van der Waals surface area contributed by atoms with Crippen molar-refractivity contribution in [3.63, 3.8) is 0 Å². The van der Waals surface area contributed by atoms with E-state index in [2.05, 4.69) is 18.0 Å². The van der Waals surface area contributed by atoms with E-state index < -0.39 is 17.1 Å². The maximum absolute atomic E-state index is 12.7. The summed E-state index contributed by atoms with van der Waals surface area (Å²) in [4.78, 5) is 14.9.